The summed E-state index contributed by atoms with van der Waals surface area (Å²) in [5, 5.41) is 19.9. The van der Waals surface area contributed by atoms with Gasteiger partial charge in [0.15, 0.2) is 11.6 Å². The Morgan fingerprint density at radius 3 is 1.37 bits per heavy atom. The molecule has 2 aromatic heterocycles. The zero-order chi connectivity index (χ0) is 27.2. The molecule has 4 aliphatic rings. The number of aliphatic hydroxyl groups excluding tert-OH is 2. The van der Waals surface area contributed by atoms with Gasteiger partial charge in [-0.2, -0.15) is 0 Å². The molecule has 4 heterocycles. The van der Waals surface area contributed by atoms with Crippen molar-refractivity contribution in [1.29, 1.82) is 0 Å². The normalized spacial score (nSPS) is 32.5. The molecule has 0 saturated carbocycles. The van der Waals surface area contributed by atoms with Gasteiger partial charge in [0.05, 0.1) is 35.5 Å². The predicted octanol–water partition coefficient (Wildman–Crippen LogP) is 5.16. The zero-order valence-corrected chi connectivity index (χ0v) is 23.7. The van der Waals surface area contributed by atoms with Gasteiger partial charge in [-0.1, -0.05) is 23.2 Å². The standard InChI is InChI=1S/2C14H18ClNO3/c2*1-8-9(2)19-14(18-8)5-3-10(7-17)11-4-6-16-13(15)12(11)14/h2*4,6,8-10,17H,3,5,7H2,1-2H3/t8-,9-,10+;8-,9-,10-/m11/s1. The van der Waals surface area contributed by atoms with Gasteiger partial charge in [0, 0.05) is 50.3 Å². The maximum atomic E-state index is 9.52. The molecule has 2 aromatic rings. The fourth-order valence-corrected chi connectivity index (χ4v) is 6.73. The van der Waals surface area contributed by atoms with E-state index in [9.17, 15) is 10.2 Å². The monoisotopic (exact) mass is 566 g/mol. The predicted molar refractivity (Wildman–Crippen MR) is 142 cm³/mol. The molecule has 0 aromatic carbocycles. The molecule has 0 amide bonds. The lowest BCUT2D eigenvalue weighted by Gasteiger charge is -2.37. The van der Waals surface area contributed by atoms with Crippen molar-refractivity contribution in [3.05, 3.63) is 57.1 Å². The molecule has 2 saturated heterocycles. The number of ether oxygens (including phenoxy) is 4. The van der Waals surface area contributed by atoms with E-state index >= 15 is 0 Å². The molecule has 6 rings (SSSR count). The Balaban J connectivity index is 0.000000155. The minimum absolute atomic E-state index is 0.0230. The third-order valence-corrected chi connectivity index (χ3v) is 9.00. The minimum Gasteiger partial charge on any atom is -0.396 e. The molecule has 2 N–H and O–H groups in total. The molecular formula is C28H36Cl2N2O6. The van der Waals surface area contributed by atoms with Crippen LogP contribution in [0.2, 0.25) is 10.3 Å². The van der Waals surface area contributed by atoms with Crippen molar-refractivity contribution in [2.45, 2.75) is 101 Å². The average Bonchev–Trinajstić information content (AvgIpc) is 3.34. The largest absolute Gasteiger partial charge is 0.396 e. The number of hydrogen-bond donors (Lipinski definition) is 2. The summed E-state index contributed by atoms with van der Waals surface area (Å²) in [6.45, 7) is 8.22. The number of hydrogen-bond acceptors (Lipinski definition) is 8. The Kier molecular flexibility index (Phi) is 8.08. The molecule has 8 nitrogen and oxygen atoms in total. The van der Waals surface area contributed by atoms with Gasteiger partial charge >= 0.3 is 0 Å². The van der Waals surface area contributed by atoms with Gasteiger partial charge in [-0.05, 0) is 63.8 Å². The number of fused-ring (bicyclic) bond motifs is 4. The van der Waals surface area contributed by atoms with Crippen LogP contribution in [0.15, 0.2) is 24.5 Å². The van der Waals surface area contributed by atoms with Crippen molar-refractivity contribution < 1.29 is 29.2 Å². The number of nitrogens with zero attached hydrogens (tertiary/aromatic N) is 2. The van der Waals surface area contributed by atoms with E-state index in [1.807, 2.05) is 39.8 Å². The molecule has 10 heteroatoms. The summed E-state index contributed by atoms with van der Waals surface area (Å²) in [6.07, 6.45) is 6.48. The van der Waals surface area contributed by atoms with Crippen molar-refractivity contribution in [3.63, 3.8) is 0 Å². The molecule has 2 aliphatic heterocycles. The van der Waals surface area contributed by atoms with Gasteiger partial charge in [-0.15, -0.1) is 0 Å². The van der Waals surface area contributed by atoms with Gasteiger partial charge in [0.1, 0.15) is 10.3 Å². The third-order valence-electron chi connectivity index (χ3n) is 8.43. The van der Waals surface area contributed by atoms with Crippen LogP contribution in [0.3, 0.4) is 0 Å². The number of rotatable bonds is 2. The average molecular weight is 568 g/mol. The molecule has 0 unspecified atom stereocenters. The first-order valence-electron chi connectivity index (χ1n) is 13.4. The highest BCUT2D eigenvalue weighted by Crippen LogP contribution is 2.52. The first-order chi connectivity index (χ1) is 18.1. The fourth-order valence-electron chi connectivity index (χ4n) is 6.11. The second kappa shape index (κ2) is 10.9. The van der Waals surface area contributed by atoms with Gasteiger partial charge in [0.2, 0.25) is 0 Å². The Labute approximate surface area is 233 Å². The van der Waals surface area contributed by atoms with Crippen LogP contribution in [0.5, 0.6) is 0 Å². The zero-order valence-electron chi connectivity index (χ0n) is 22.2. The number of aromatic nitrogens is 2. The van der Waals surface area contributed by atoms with Crippen molar-refractivity contribution in [1.82, 2.24) is 9.97 Å². The highest BCUT2D eigenvalue weighted by atomic mass is 35.5. The van der Waals surface area contributed by atoms with E-state index in [0.717, 1.165) is 35.1 Å². The maximum Gasteiger partial charge on any atom is 0.198 e. The first kappa shape index (κ1) is 28.2. The van der Waals surface area contributed by atoms with Crippen molar-refractivity contribution in [2.24, 2.45) is 0 Å². The Bertz CT molecular complexity index is 1060. The third kappa shape index (κ3) is 4.77. The summed E-state index contributed by atoms with van der Waals surface area (Å²) in [6, 6.07) is 3.81. The lowest BCUT2D eigenvalue weighted by molar-refractivity contribution is -0.193. The molecular weight excluding hydrogens is 531 g/mol. The lowest BCUT2D eigenvalue weighted by atomic mass is 9.80. The maximum absolute atomic E-state index is 9.52. The molecule has 2 spiro atoms. The summed E-state index contributed by atoms with van der Waals surface area (Å²) < 4.78 is 24.3. The smallest absolute Gasteiger partial charge is 0.198 e. The molecule has 2 fully saturated rings. The van der Waals surface area contributed by atoms with Crippen LogP contribution in [0.4, 0.5) is 0 Å². The van der Waals surface area contributed by atoms with E-state index in [1.165, 1.54) is 0 Å². The number of halogens is 2. The van der Waals surface area contributed by atoms with Crippen LogP contribution >= 0.6 is 23.2 Å². The Morgan fingerprint density at radius 2 is 1.05 bits per heavy atom. The molecule has 208 valence electrons. The van der Waals surface area contributed by atoms with Crippen LogP contribution in [0.25, 0.3) is 0 Å². The minimum atomic E-state index is -0.787. The van der Waals surface area contributed by atoms with Gasteiger partial charge in [-0.3, -0.25) is 0 Å². The van der Waals surface area contributed by atoms with Crippen molar-refractivity contribution in [3.8, 4) is 0 Å². The van der Waals surface area contributed by atoms with Crippen molar-refractivity contribution >= 4 is 23.2 Å². The van der Waals surface area contributed by atoms with Crippen LogP contribution in [0, 0.1) is 0 Å². The van der Waals surface area contributed by atoms with E-state index in [1.54, 1.807) is 12.4 Å². The first-order valence-corrected chi connectivity index (χ1v) is 14.1. The van der Waals surface area contributed by atoms with Gasteiger partial charge in [0.25, 0.3) is 0 Å². The summed E-state index contributed by atoms with van der Waals surface area (Å²) in [5.74, 6) is -1.41. The second-order valence-electron chi connectivity index (χ2n) is 10.8. The van der Waals surface area contributed by atoms with Crippen LogP contribution in [-0.2, 0) is 30.5 Å². The highest BCUT2D eigenvalue weighted by molar-refractivity contribution is 6.30. The van der Waals surface area contributed by atoms with E-state index < -0.39 is 11.6 Å². The summed E-state index contributed by atoms with van der Waals surface area (Å²) in [4.78, 5) is 8.31. The second-order valence-corrected chi connectivity index (χ2v) is 11.5. The fraction of sp³-hybridized carbons (Fsp3) is 0.643. The molecule has 2 aliphatic carbocycles. The number of pyridine rings is 2. The lowest BCUT2D eigenvalue weighted by Crippen LogP contribution is -2.35. The van der Waals surface area contributed by atoms with Crippen LogP contribution in [0.1, 0.15) is 87.5 Å². The van der Waals surface area contributed by atoms with Gasteiger partial charge < -0.3 is 29.2 Å². The Morgan fingerprint density at radius 1 is 0.711 bits per heavy atom. The van der Waals surface area contributed by atoms with Crippen LogP contribution < -0.4 is 0 Å². The van der Waals surface area contributed by atoms with E-state index in [0.29, 0.717) is 23.1 Å². The van der Waals surface area contributed by atoms with Crippen molar-refractivity contribution in [2.75, 3.05) is 13.2 Å². The molecule has 6 atom stereocenters. The van der Waals surface area contributed by atoms with E-state index in [2.05, 4.69) is 9.97 Å². The SMILES string of the molecule is C[C@H]1OC2(CC[C@@H](CO)c3ccnc(Cl)c32)O[C@@H]1C.C[C@H]1OC2(CC[C@H](CO)c3ccnc(Cl)c32)O[C@@H]1C. The summed E-state index contributed by atoms with van der Waals surface area (Å²) >= 11 is 12.6. The number of aliphatic hydroxyl groups is 2. The molecule has 0 bridgehead atoms. The summed E-state index contributed by atoms with van der Waals surface area (Å²) in [5.41, 5.74) is 3.60. The molecule has 38 heavy (non-hydrogen) atoms. The highest BCUT2D eigenvalue weighted by Gasteiger charge is 2.52. The topological polar surface area (TPSA) is 103 Å². The van der Waals surface area contributed by atoms with Crippen LogP contribution in [-0.4, -0.2) is 57.8 Å². The van der Waals surface area contributed by atoms with Gasteiger partial charge in [-0.25, -0.2) is 9.97 Å². The quantitative estimate of drug-likeness (QED) is 0.480. The molecule has 0 radical (unpaired) electrons. The van der Waals surface area contributed by atoms with E-state index in [4.69, 9.17) is 42.1 Å². The summed E-state index contributed by atoms with van der Waals surface area (Å²) in [7, 11) is 0. The van der Waals surface area contributed by atoms with E-state index in [-0.39, 0.29) is 49.5 Å². The Hall–Kier alpha value is -1.36.